The van der Waals surface area contributed by atoms with Crippen molar-refractivity contribution < 1.29 is 22.7 Å². The van der Waals surface area contributed by atoms with Gasteiger partial charge in [-0.05, 0) is 43.9 Å². The highest BCUT2D eigenvalue weighted by Crippen LogP contribution is 2.32. The van der Waals surface area contributed by atoms with Gasteiger partial charge in [-0.25, -0.2) is 0 Å². The van der Waals surface area contributed by atoms with Crippen LogP contribution in [0.15, 0.2) is 29.4 Å². The van der Waals surface area contributed by atoms with E-state index in [2.05, 4.69) is 10.0 Å². The molecule has 0 saturated heterocycles. The molecule has 0 aliphatic rings. The first kappa shape index (κ1) is 18.8. The molecule has 0 fully saturated rings. The quantitative estimate of drug-likeness (QED) is 0.336. The molecule has 0 amide bonds. The molecule has 8 heteroatoms. The molecule has 0 bridgehead atoms. The minimum absolute atomic E-state index is 0.128. The lowest BCUT2D eigenvalue weighted by atomic mass is 9.94. The van der Waals surface area contributed by atoms with Crippen molar-refractivity contribution in [3.05, 3.63) is 45.8 Å². The van der Waals surface area contributed by atoms with Crippen molar-refractivity contribution in [3.63, 3.8) is 0 Å². The van der Waals surface area contributed by atoms with Crippen LogP contribution in [0.4, 0.5) is 13.2 Å². The van der Waals surface area contributed by atoms with Crippen LogP contribution in [0.5, 0.6) is 0 Å². The lowest BCUT2D eigenvalue weighted by Crippen LogP contribution is -2.25. The van der Waals surface area contributed by atoms with Crippen LogP contribution in [0.1, 0.15) is 44.2 Å². The summed E-state index contributed by atoms with van der Waals surface area (Å²) in [6.45, 7) is 4.95. The largest absolute Gasteiger partial charge is 0.460 e. The minimum Gasteiger partial charge on any atom is -0.460 e. The third kappa shape index (κ3) is 6.61. The van der Waals surface area contributed by atoms with Gasteiger partial charge in [0.15, 0.2) is 0 Å². The highest BCUT2D eigenvalue weighted by atomic mass is 19.4. The third-order valence-electron chi connectivity index (χ3n) is 2.88. The molecular formula is C15H18F3N3O2. The Morgan fingerprint density at radius 2 is 2.00 bits per heavy atom. The standard InChI is InChI=1S/C15H18F3N3O2/c1-14(2,3)23-13(22)8-11(9-20-21-19)10-5-4-6-12(7-10)15(16,17)18/h4-7,11H,8-9H2,1-3H3. The molecular weight excluding hydrogens is 311 g/mol. The molecule has 1 atom stereocenters. The summed E-state index contributed by atoms with van der Waals surface area (Å²) in [6.07, 6.45) is -4.65. The number of azide groups is 1. The maximum atomic E-state index is 12.8. The zero-order valence-corrected chi connectivity index (χ0v) is 13.1. The second-order valence-corrected chi connectivity index (χ2v) is 6.02. The fraction of sp³-hybridized carbons (Fsp3) is 0.533. The lowest BCUT2D eigenvalue weighted by molar-refractivity contribution is -0.155. The molecule has 0 heterocycles. The van der Waals surface area contributed by atoms with E-state index in [1.54, 1.807) is 20.8 Å². The van der Waals surface area contributed by atoms with E-state index >= 15 is 0 Å². The zero-order valence-electron chi connectivity index (χ0n) is 13.1. The second-order valence-electron chi connectivity index (χ2n) is 6.02. The summed E-state index contributed by atoms with van der Waals surface area (Å²) in [5, 5.41) is 3.38. The first-order valence-electron chi connectivity index (χ1n) is 6.93. The summed E-state index contributed by atoms with van der Waals surface area (Å²) in [5.74, 6) is -1.24. The first-order chi connectivity index (χ1) is 10.5. The molecule has 0 radical (unpaired) electrons. The Hall–Kier alpha value is -2.21. The Balaban J connectivity index is 3.02. The maximum Gasteiger partial charge on any atom is 0.416 e. The predicted molar refractivity (Wildman–Crippen MR) is 78.7 cm³/mol. The molecule has 0 spiro atoms. The van der Waals surface area contributed by atoms with E-state index in [4.69, 9.17) is 10.3 Å². The summed E-state index contributed by atoms with van der Waals surface area (Å²) in [7, 11) is 0. The van der Waals surface area contributed by atoms with E-state index in [0.29, 0.717) is 0 Å². The number of carbonyl (C=O) groups is 1. The molecule has 0 aromatic heterocycles. The first-order valence-corrected chi connectivity index (χ1v) is 6.93. The van der Waals surface area contributed by atoms with Gasteiger partial charge < -0.3 is 4.74 Å². The molecule has 0 aliphatic carbocycles. The highest BCUT2D eigenvalue weighted by molar-refractivity contribution is 5.71. The zero-order chi connectivity index (χ0) is 17.7. The number of benzene rings is 1. The molecule has 0 aliphatic heterocycles. The number of esters is 1. The van der Waals surface area contributed by atoms with Crippen LogP contribution in [0.25, 0.3) is 10.4 Å². The van der Waals surface area contributed by atoms with E-state index in [9.17, 15) is 18.0 Å². The van der Waals surface area contributed by atoms with Crippen LogP contribution >= 0.6 is 0 Å². The van der Waals surface area contributed by atoms with Gasteiger partial charge in [-0.15, -0.1) is 0 Å². The normalized spacial score (nSPS) is 13.1. The van der Waals surface area contributed by atoms with Gasteiger partial charge in [0.05, 0.1) is 12.0 Å². The molecule has 0 saturated carbocycles. The summed E-state index contributed by atoms with van der Waals surface area (Å²) in [4.78, 5) is 14.5. The molecule has 23 heavy (non-hydrogen) atoms. The SMILES string of the molecule is CC(C)(C)OC(=O)CC(CN=[N+]=[N-])c1cccc(C(F)(F)F)c1. The molecule has 1 rings (SSSR count). The van der Waals surface area contributed by atoms with Gasteiger partial charge in [0.1, 0.15) is 5.60 Å². The van der Waals surface area contributed by atoms with Crippen molar-refractivity contribution >= 4 is 5.97 Å². The predicted octanol–water partition coefficient (Wildman–Crippen LogP) is 4.83. The summed E-state index contributed by atoms with van der Waals surface area (Å²) >= 11 is 0. The summed E-state index contributed by atoms with van der Waals surface area (Å²) < 4.78 is 43.6. The average molecular weight is 329 g/mol. The Labute approximate surface area is 132 Å². The number of hydrogen-bond donors (Lipinski definition) is 0. The monoisotopic (exact) mass is 329 g/mol. The van der Waals surface area contributed by atoms with E-state index in [-0.39, 0.29) is 18.5 Å². The number of alkyl halides is 3. The van der Waals surface area contributed by atoms with E-state index in [1.165, 1.54) is 12.1 Å². The topological polar surface area (TPSA) is 75.1 Å². The van der Waals surface area contributed by atoms with E-state index in [1.807, 2.05) is 0 Å². The van der Waals surface area contributed by atoms with Crippen molar-refractivity contribution in [2.45, 2.75) is 44.9 Å². The Morgan fingerprint density at radius 1 is 1.35 bits per heavy atom. The van der Waals surface area contributed by atoms with Crippen molar-refractivity contribution in [1.29, 1.82) is 0 Å². The van der Waals surface area contributed by atoms with Gasteiger partial charge in [-0.1, -0.05) is 23.3 Å². The fourth-order valence-corrected chi connectivity index (χ4v) is 1.98. The van der Waals surface area contributed by atoms with Crippen LogP contribution in [0.3, 0.4) is 0 Å². The third-order valence-corrected chi connectivity index (χ3v) is 2.88. The number of nitrogens with zero attached hydrogens (tertiary/aromatic N) is 3. The summed E-state index contributed by atoms with van der Waals surface area (Å²) in [5.41, 5.74) is 7.19. The smallest absolute Gasteiger partial charge is 0.416 e. The number of ether oxygens (including phenoxy) is 1. The Bertz CT molecular complexity index is 603. The lowest BCUT2D eigenvalue weighted by Gasteiger charge is -2.22. The van der Waals surface area contributed by atoms with Crippen molar-refractivity contribution in [3.8, 4) is 0 Å². The van der Waals surface area contributed by atoms with Crippen LogP contribution in [-0.2, 0) is 15.7 Å². The fourth-order valence-electron chi connectivity index (χ4n) is 1.98. The molecule has 126 valence electrons. The summed E-state index contributed by atoms with van der Waals surface area (Å²) in [6, 6.07) is 4.64. The van der Waals surface area contributed by atoms with Crippen molar-refractivity contribution in [2.24, 2.45) is 5.11 Å². The number of hydrogen-bond acceptors (Lipinski definition) is 3. The van der Waals surface area contributed by atoms with Gasteiger partial charge >= 0.3 is 12.1 Å². The molecule has 1 aromatic rings. The number of carbonyl (C=O) groups excluding carboxylic acids is 1. The minimum atomic E-state index is -4.48. The second kappa shape index (κ2) is 7.37. The van der Waals surface area contributed by atoms with Crippen molar-refractivity contribution in [1.82, 2.24) is 0 Å². The Morgan fingerprint density at radius 3 is 2.52 bits per heavy atom. The highest BCUT2D eigenvalue weighted by Gasteiger charge is 2.31. The van der Waals surface area contributed by atoms with Gasteiger partial charge in [-0.3, -0.25) is 4.79 Å². The molecule has 0 N–H and O–H groups in total. The number of halogens is 3. The molecule has 1 aromatic carbocycles. The Kier molecular flexibility index (Phi) is 6.04. The van der Waals surface area contributed by atoms with Gasteiger partial charge in [-0.2, -0.15) is 13.2 Å². The van der Waals surface area contributed by atoms with Crippen molar-refractivity contribution in [2.75, 3.05) is 6.54 Å². The van der Waals surface area contributed by atoms with Gasteiger partial charge in [0.25, 0.3) is 0 Å². The average Bonchev–Trinajstić information content (AvgIpc) is 2.40. The van der Waals surface area contributed by atoms with Crippen LogP contribution in [0.2, 0.25) is 0 Å². The van der Waals surface area contributed by atoms with E-state index < -0.39 is 29.2 Å². The van der Waals surface area contributed by atoms with Gasteiger partial charge in [0.2, 0.25) is 0 Å². The maximum absolute atomic E-state index is 12.8. The molecule has 5 nitrogen and oxygen atoms in total. The van der Waals surface area contributed by atoms with Crippen LogP contribution < -0.4 is 0 Å². The molecule has 1 unspecified atom stereocenters. The van der Waals surface area contributed by atoms with Gasteiger partial charge in [0, 0.05) is 11.5 Å². The van der Waals surface area contributed by atoms with E-state index in [0.717, 1.165) is 12.1 Å². The van der Waals surface area contributed by atoms with Crippen LogP contribution in [-0.4, -0.2) is 18.1 Å². The van der Waals surface area contributed by atoms with Crippen LogP contribution in [0, 0.1) is 0 Å². The number of rotatable bonds is 5.